The maximum Gasteiger partial charge on any atom is 0.416 e. The van der Waals surface area contributed by atoms with Crippen molar-refractivity contribution in [2.24, 2.45) is 17.8 Å². The number of fused-ring (bicyclic) bond motifs is 4. The van der Waals surface area contributed by atoms with Crippen LogP contribution in [0.1, 0.15) is 31.2 Å². The largest absolute Gasteiger partial charge is 0.481 e. The second kappa shape index (κ2) is 9.21. The molecule has 12 heteroatoms. The van der Waals surface area contributed by atoms with E-state index in [9.17, 15) is 32.3 Å². The average Bonchev–Trinajstić information content (AvgIpc) is 3.33. The van der Waals surface area contributed by atoms with Crippen molar-refractivity contribution < 1.29 is 27.5 Å². The maximum atomic E-state index is 14.0. The molecule has 4 aromatic rings. The van der Waals surface area contributed by atoms with Gasteiger partial charge < -0.3 is 15.4 Å². The first kappa shape index (κ1) is 25.1. The molecule has 3 aliphatic rings. The number of aromatic nitrogens is 4. The second-order valence-electron chi connectivity index (χ2n) is 10.2. The number of halogens is 4. The Balaban J connectivity index is 1.50. The van der Waals surface area contributed by atoms with Crippen molar-refractivity contribution in [3.63, 3.8) is 0 Å². The molecular formula is C27H23F4N5O3. The average molecular weight is 542 g/mol. The Labute approximate surface area is 218 Å². The van der Waals surface area contributed by atoms with Crippen LogP contribution in [0.15, 0.2) is 53.7 Å². The van der Waals surface area contributed by atoms with Crippen LogP contribution in [0.3, 0.4) is 0 Å². The van der Waals surface area contributed by atoms with Gasteiger partial charge >= 0.3 is 12.1 Å². The van der Waals surface area contributed by atoms with Crippen molar-refractivity contribution in [3.05, 3.63) is 70.7 Å². The summed E-state index contributed by atoms with van der Waals surface area (Å²) in [6.07, 6.45) is 2.68. The zero-order chi connectivity index (χ0) is 27.5. The summed E-state index contributed by atoms with van der Waals surface area (Å²) in [5.41, 5.74) is -0.334. The highest BCUT2D eigenvalue weighted by Gasteiger charge is 2.47. The Kier molecular flexibility index (Phi) is 5.92. The molecule has 1 aromatic carbocycles. The number of carboxylic acid groups (broad SMARTS) is 1. The molecule has 39 heavy (non-hydrogen) atoms. The van der Waals surface area contributed by atoms with Crippen molar-refractivity contribution >= 4 is 22.8 Å². The Morgan fingerprint density at radius 1 is 1.10 bits per heavy atom. The summed E-state index contributed by atoms with van der Waals surface area (Å²) < 4.78 is 54.7. The first-order chi connectivity index (χ1) is 18.6. The predicted octanol–water partition coefficient (Wildman–Crippen LogP) is 5.24. The number of H-pyrrole nitrogens is 1. The van der Waals surface area contributed by atoms with Gasteiger partial charge in [0.15, 0.2) is 5.82 Å². The van der Waals surface area contributed by atoms with E-state index >= 15 is 0 Å². The summed E-state index contributed by atoms with van der Waals surface area (Å²) in [7, 11) is 0. The molecule has 8 nitrogen and oxygen atoms in total. The third-order valence-electron chi connectivity index (χ3n) is 7.96. The molecule has 0 aliphatic heterocycles. The standard InChI is InChI=1S/C27H23F4N5O3/c28-16-9-18-19(11-33-23(18)32-10-16)20-12-36(17-7-5-15(6-8-17)27(29,30)31)25(37)24(34-20)35-22-14-3-1-13(2-4-14)21(22)26(38)39/h5-14,21-22H,1-4H2,(H,32,33)(H,34,35)(H,38,39)/t13?,14?,21-,22-/m0/s1. The number of alkyl halides is 3. The van der Waals surface area contributed by atoms with Crippen molar-refractivity contribution in [1.29, 1.82) is 0 Å². The first-order valence-electron chi connectivity index (χ1n) is 12.5. The van der Waals surface area contributed by atoms with E-state index in [-0.39, 0.29) is 29.0 Å². The van der Waals surface area contributed by atoms with Gasteiger partial charge in [0.25, 0.3) is 5.56 Å². The molecule has 2 atom stereocenters. The highest BCUT2D eigenvalue weighted by molar-refractivity contribution is 5.92. The van der Waals surface area contributed by atoms with E-state index in [1.54, 1.807) is 6.20 Å². The number of hydrogen-bond acceptors (Lipinski definition) is 5. The lowest BCUT2D eigenvalue weighted by molar-refractivity contribution is -0.148. The lowest BCUT2D eigenvalue weighted by Gasteiger charge is -2.47. The van der Waals surface area contributed by atoms with E-state index in [0.717, 1.165) is 48.6 Å². The minimum Gasteiger partial charge on any atom is -0.481 e. The van der Waals surface area contributed by atoms with Crippen LogP contribution >= 0.6 is 0 Å². The molecule has 3 fully saturated rings. The number of anilines is 1. The number of nitrogens with zero attached hydrogens (tertiary/aromatic N) is 3. The van der Waals surface area contributed by atoms with Gasteiger partial charge in [-0.1, -0.05) is 0 Å². The lowest BCUT2D eigenvalue weighted by Crippen LogP contribution is -2.52. The smallest absolute Gasteiger partial charge is 0.416 e. The van der Waals surface area contributed by atoms with Gasteiger partial charge in [0.1, 0.15) is 11.5 Å². The summed E-state index contributed by atoms with van der Waals surface area (Å²) in [5, 5.41) is 13.5. The fourth-order valence-electron chi connectivity index (χ4n) is 6.08. The highest BCUT2D eigenvalue weighted by atomic mass is 19.4. The lowest BCUT2D eigenvalue weighted by atomic mass is 9.61. The van der Waals surface area contributed by atoms with Crippen molar-refractivity contribution in [1.82, 2.24) is 19.5 Å². The number of pyridine rings is 1. The number of rotatable bonds is 5. The minimum atomic E-state index is -4.55. The molecule has 3 saturated carbocycles. The number of aromatic amines is 1. The van der Waals surface area contributed by atoms with Gasteiger partial charge in [-0.05, 0) is 67.9 Å². The normalized spacial score (nSPS) is 22.8. The van der Waals surface area contributed by atoms with Crippen molar-refractivity contribution in [3.8, 4) is 16.9 Å². The van der Waals surface area contributed by atoms with E-state index in [4.69, 9.17) is 0 Å². The predicted molar refractivity (Wildman–Crippen MR) is 134 cm³/mol. The number of benzene rings is 1. The molecule has 7 rings (SSSR count). The fraction of sp³-hybridized carbons (Fsp3) is 0.333. The molecule has 2 bridgehead atoms. The molecule has 0 spiro atoms. The number of nitrogens with one attached hydrogen (secondary N) is 2. The highest BCUT2D eigenvalue weighted by Crippen LogP contribution is 2.46. The van der Waals surface area contributed by atoms with Gasteiger partial charge in [-0.15, -0.1) is 0 Å². The van der Waals surface area contributed by atoms with Crippen LogP contribution in [-0.2, 0) is 11.0 Å². The molecule has 0 radical (unpaired) electrons. The summed E-state index contributed by atoms with van der Waals surface area (Å²) >= 11 is 0. The zero-order valence-electron chi connectivity index (χ0n) is 20.4. The van der Waals surface area contributed by atoms with Crippen LogP contribution in [0, 0.1) is 23.6 Å². The minimum absolute atomic E-state index is 0.0204. The van der Waals surface area contributed by atoms with E-state index in [2.05, 4.69) is 20.3 Å². The summed E-state index contributed by atoms with van der Waals surface area (Å²) in [6, 6.07) is 4.83. The van der Waals surface area contributed by atoms with Crippen LogP contribution in [0.4, 0.5) is 23.4 Å². The van der Waals surface area contributed by atoms with Crippen molar-refractivity contribution in [2.45, 2.75) is 37.9 Å². The Morgan fingerprint density at radius 3 is 2.46 bits per heavy atom. The molecule has 0 saturated heterocycles. The molecule has 3 heterocycles. The molecule has 3 aliphatic carbocycles. The van der Waals surface area contributed by atoms with Gasteiger partial charge in [-0.3, -0.25) is 14.2 Å². The molecule has 0 unspecified atom stereocenters. The second-order valence-corrected chi connectivity index (χ2v) is 10.2. The Morgan fingerprint density at radius 2 is 1.79 bits per heavy atom. The van der Waals surface area contributed by atoms with E-state index < -0.39 is 41.0 Å². The SMILES string of the molecule is O=C(O)[C@H]1C2CCC(CC2)[C@@H]1Nc1nc(-c2c[nH]c3ncc(F)cc23)cn(-c2ccc(C(F)(F)F)cc2)c1=O. The van der Waals surface area contributed by atoms with Crippen molar-refractivity contribution in [2.75, 3.05) is 5.32 Å². The fourth-order valence-corrected chi connectivity index (χ4v) is 6.08. The van der Waals surface area contributed by atoms with Gasteiger partial charge in [0.2, 0.25) is 0 Å². The summed E-state index contributed by atoms with van der Waals surface area (Å²) in [4.78, 5) is 37.3. The van der Waals surface area contributed by atoms with Crippen LogP contribution in [0.25, 0.3) is 28.0 Å². The number of aliphatic carboxylic acids is 1. The summed E-state index contributed by atoms with van der Waals surface area (Å²) in [6.45, 7) is 0. The monoisotopic (exact) mass is 541 g/mol. The van der Waals surface area contributed by atoms with Gasteiger partial charge in [-0.25, -0.2) is 14.4 Å². The van der Waals surface area contributed by atoms with E-state index in [0.29, 0.717) is 16.6 Å². The Hall–Kier alpha value is -4.22. The molecule has 202 valence electrons. The molecular weight excluding hydrogens is 518 g/mol. The summed E-state index contributed by atoms with van der Waals surface area (Å²) in [5.74, 6) is -2.34. The van der Waals surface area contributed by atoms with Crippen LogP contribution in [0.5, 0.6) is 0 Å². The van der Waals surface area contributed by atoms with Crippen LogP contribution in [0.2, 0.25) is 0 Å². The third-order valence-corrected chi connectivity index (χ3v) is 7.96. The quantitative estimate of drug-likeness (QED) is 0.298. The number of carboxylic acids is 1. The zero-order valence-corrected chi connectivity index (χ0v) is 20.4. The van der Waals surface area contributed by atoms with Gasteiger partial charge in [0.05, 0.1) is 23.4 Å². The molecule has 3 aromatic heterocycles. The molecule has 3 N–H and O–H groups in total. The topological polar surface area (TPSA) is 113 Å². The maximum absolute atomic E-state index is 14.0. The van der Waals surface area contributed by atoms with Crippen LogP contribution in [-0.4, -0.2) is 36.6 Å². The van der Waals surface area contributed by atoms with E-state index in [1.807, 2.05) is 0 Å². The van der Waals surface area contributed by atoms with Gasteiger partial charge in [0, 0.05) is 35.1 Å². The number of carbonyl (C=O) groups is 1. The molecule has 0 amide bonds. The number of hydrogen-bond donors (Lipinski definition) is 3. The third kappa shape index (κ3) is 4.43. The van der Waals surface area contributed by atoms with Gasteiger partial charge in [-0.2, -0.15) is 13.2 Å². The Bertz CT molecular complexity index is 1620. The van der Waals surface area contributed by atoms with E-state index in [1.165, 1.54) is 24.4 Å². The van der Waals surface area contributed by atoms with Crippen LogP contribution < -0.4 is 10.9 Å². The first-order valence-corrected chi connectivity index (χ1v) is 12.5.